The van der Waals surface area contributed by atoms with Crippen LogP contribution in [0.15, 0.2) is 115 Å². The second kappa shape index (κ2) is 15.2. The average molecular weight is 692 g/mol. The van der Waals surface area contributed by atoms with E-state index in [1.165, 1.54) is 4.90 Å². The topological polar surface area (TPSA) is 114 Å². The van der Waals surface area contributed by atoms with Crippen LogP contribution in [0.25, 0.3) is 16.8 Å². The Hall–Kier alpha value is -5.81. The minimum absolute atomic E-state index is 0.217. The van der Waals surface area contributed by atoms with E-state index in [0.717, 1.165) is 31.8 Å². The number of ether oxygens (including phenoxy) is 3. The molecule has 0 unspecified atom stereocenters. The lowest BCUT2D eigenvalue weighted by Crippen LogP contribution is -2.29. The third-order valence-corrected chi connectivity index (χ3v) is 9.36. The second-order valence-electron chi connectivity index (χ2n) is 11.9. The number of hydrogen-bond acceptors (Lipinski definition) is 7. The molecule has 1 heterocycles. The van der Waals surface area contributed by atoms with E-state index in [1.54, 1.807) is 44.4 Å². The van der Waals surface area contributed by atoms with E-state index in [0.29, 0.717) is 42.4 Å². The van der Waals surface area contributed by atoms with Gasteiger partial charge in [0.15, 0.2) is 0 Å². The lowest BCUT2D eigenvalue weighted by Gasteiger charge is -2.20. The fourth-order valence-corrected chi connectivity index (χ4v) is 6.62. The monoisotopic (exact) mass is 691 g/mol. The molecule has 1 aliphatic rings. The number of amides is 2. The van der Waals surface area contributed by atoms with Crippen molar-refractivity contribution in [2.75, 3.05) is 31.6 Å². The molecular weight excluding hydrogens is 655 g/mol. The highest BCUT2D eigenvalue weighted by Crippen LogP contribution is 2.37. The van der Waals surface area contributed by atoms with Gasteiger partial charge in [-0.05, 0) is 64.2 Å². The SMILES string of the molecule is CN(C)C(=O)c1c(OCCC=Cc2ccc3cc(OCc4ccccc4)c(N4CC(=O)NS4(=O)=O)cc3c2)cccc1OCc1ccccc1. The van der Waals surface area contributed by atoms with E-state index in [1.807, 2.05) is 95.7 Å². The molecule has 5 aromatic rings. The highest BCUT2D eigenvalue weighted by atomic mass is 32.2. The molecule has 6 rings (SSSR count). The summed E-state index contributed by atoms with van der Waals surface area (Å²) in [6.45, 7) is 0.533. The maximum Gasteiger partial charge on any atom is 0.326 e. The predicted molar refractivity (Wildman–Crippen MR) is 194 cm³/mol. The highest BCUT2D eigenvalue weighted by Gasteiger charge is 2.36. The Morgan fingerprint density at radius 3 is 2.04 bits per heavy atom. The number of fused-ring (bicyclic) bond motifs is 1. The average Bonchev–Trinajstić information content (AvgIpc) is 3.40. The number of anilines is 1. The molecule has 10 nitrogen and oxygen atoms in total. The van der Waals surface area contributed by atoms with Gasteiger partial charge in [0.2, 0.25) is 0 Å². The normalized spacial score (nSPS) is 13.7. The van der Waals surface area contributed by atoms with Crippen LogP contribution in [-0.2, 0) is 28.2 Å². The van der Waals surface area contributed by atoms with Gasteiger partial charge in [-0.25, -0.2) is 9.03 Å². The number of rotatable bonds is 13. The van der Waals surface area contributed by atoms with Crippen LogP contribution >= 0.6 is 0 Å². The summed E-state index contributed by atoms with van der Waals surface area (Å²) in [6, 6.07) is 34.0. The van der Waals surface area contributed by atoms with E-state index in [-0.39, 0.29) is 24.7 Å². The minimum Gasteiger partial charge on any atom is -0.492 e. The van der Waals surface area contributed by atoms with Crippen molar-refractivity contribution < 1.29 is 32.2 Å². The molecule has 0 aliphatic carbocycles. The van der Waals surface area contributed by atoms with Crippen LogP contribution in [0.2, 0.25) is 0 Å². The van der Waals surface area contributed by atoms with Gasteiger partial charge in [-0.15, -0.1) is 0 Å². The number of carbonyl (C=O) groups excluding carboxylic acids is 2. The van der Waals surface area contributed by atoms with E-state index in [9.17, 15) is 18.0 Å². The van der Waals surface area contributed by atoms with Gasteiger partial charge in [0.1, 0.15) is 42.6 Å². The first-order chi connectivity index (χ1) is 24.2. The summed E-state index contributed by atoms with van der Waals surface area (Å²) in [5, 5.41) is 1.62. The van der Waals surface area contributed by atoms with Crippen LogP contribution in [0.1, 0.15) is 33.5 Å². The van der Waals surface area contributed by atoms with Gasteiger partial charge < -0.3 is 19.1 Å². The van der Waals surface area contributed by atoms with Crippen molar-refractivity contribution in [2.45, 2.75) is 19.6 Å². The number of nitrogens with zero attached hydrogens (tertiary/aromatic N) is 2. The van der Waals surface area contributed by atoms with Crippen molar-refractivity contribution >= 4 is 44.6 Å². The van der Waals surface area contributed by atoms with E-state index >= 15 is 0 Å². The number of carbonyl (C=O) groups is 2. The van der Waals surface area contributed by atoms with Crippen molar-refractivity contribution in [3.8, 4) is 17.2 Å². The largest absolute Gasteiger partial charge is 0.492 e. The van der Waals surface area contributed by atoms with Crippen molar-refractivity contribution in [2.24, 2.45) is 0 Å². The summed E-state index contributed by atoms with van der Waals surface area (Å²) in [6.07, 6.45) is 4.47. The van der Waals surface area contributed by atoms with E-state index < -0.39 is 16.1 Å². The van der Waals surface area contributed by atoms with Gasteiger partial charge in [0.05, 0.1) is 12.3 Å². The molecule has 0 aromatic heterocycles. The number of benzene rings is 5. The molecule has 1 N–H and O–H groups in total. The first-order valence-corrected chi connectivity index (χ1v) is 17.5. The first-order valence-electron chi connectivity index (χ1n) is 16.1. The lowest BCUT2D eigenvalue weighted by molar-refractivity contribution is -0.117. The van der Waals surface area contributed by atoms with Crippen LogP contribution < -0.4 is 23.2 Å². The van der Waals surface area contributed by atoms with Crippen LogP contribution in [0.3, 0.4) is 0 Å². The van der Waals surface area contributed by atoms with E-state index in [4.69, 9.17) is 14.2 Å². The zero-order valence-corrected chi connectivity index (χ0v) is 28.6. The van der Waals surface area contributed by atoms with E-state index in [2.05, 4.69) is 0 Å². The van der Waals surface area contributed by atoms with Gasteiger partial charge in [-0.1, -0.05) is 91.0 Å². The quantitative estimate of drug-likeness (QED) is 0.143. The molecule has 5 aromatic carbocycles. The molecule has 1 aliphatic heterocycles. The van der Waals surface area contributed by atoms with Gasteiger partial charge in [-0.3, -0.25) is 9.59 Å². The Morgan fingerprint density at radius 1 is 0.780 bits per heavy atom. The smallest absolute Gasteiger partial charge is 0.326 e. The van der Waals surface area contributed by atoms with Crippen LogP contribution in [-0.4, -0.2) is 52.4 Å². The molecule has 0 bridgehead atoms. The molecule has 256 valence electrons. The van der Waals surface area contributed by atoms with Gasteiger partial charge in [0, 0.05) is 14.1 Å². The molecular formula is C39H37N3O7S. The van der Waals surface area contributed by atoms with Gasteiger partial charge >= 0.3 is 10.2 Å². The summed E-state index contributed by atoms with van der Waals surface area (Å²) in [5.74, 6) is 0.416. The molecule has 1 fully saturated rings. The summed E-state index contributed by atoms with van der Waals surface area (Å²) < 4.78 is 46.9. The maximum atomic E-state index is 13.1. The van der Waals surface area contributed by atoms with Crippen LogP contribution in [0.4, 0.5) is 5.69 Å². The van der Waals surface area contributed by atoms with Crippen LogP contribution in [0, 0.1) is 0 Å². The Bertz CT molecular complexity index is 2140. The van der Waals surface area contributed by atoms with Crippen molar-refractivity contribution in [3.63, 3.8) is 0 Å². The molecule has 11 heteroatoms. The fraction of sp³-hybridized carbons (Fsp3) is 0.179. The fourth-order valence-electron chi connectivity index (χ4n) is 5.47. The van der Waals surface area contributed by atoms with Crippen molar-refractivity contribution in [3.05, 3.63) is 138 Å². The predicted octanol–water partition coefficient (Wildman–Crippen LogP) is 6.36. The first kappa shape index (κ1) is 34.1. The summed E-state index contributed by atoms with van der Waals surface area (Å²) >= 11 is 0. The maximum absolute atomic E-state index is 13.1. The zero-order chi connectivity index (χ0) is 35.1. The second-order valence-corrected chi connectivity index (χ2v) is 13.5. The van der Waals surface area contributed by atoms with Gasteiger partial charge in [0.25, 0.3) is 11.8 Å². The molecule has 0 spiro atoms. The lowest BCUT2D eigenvalue weighted by atomic mass is 10.0. The third kappa shape index (κ3) is 8.07. The van der Waals surface area contributed by atoms with Crippen LogP contribution in [0.5, 0.6) is 17.2 Å². The Balaban J connectivity index is 1.17. The minimum atomic E-state index is -4.06. The number of hydrogen-bond donors (Lipinski definition) is 1. The molecule has 50 heavy (non-hydrogen) atoms. The Kier molecular flexibility index (Phi) is 10.3. The molecule has 2 amide bonds. The highest BCUT2D eigenvalue weighted by molar-refractivity contribution is 7.92. The zero-order valence-electron chi connectivity index (χ0n) is 27.7. The molecule has 1 saturated heterocycles. The number of nitrogens with one attached hydrogen (secondary N) is 1. The standard InChI is InChI=1S/C39H37N3O7S/c1-41(2)39(44)38-34(17-11-18-35(38)48-26-29-13-5-3-6-14-29)47-21-10-9-12-28-19-20-31-24-36(49-27-30-15-7-4-8-16-30)33(23-32(31)22-28)42-25-37(43)40-50(42,45)46/h3-9,11-20,22-24H,10,21,25-27H2,1-2H3,(H,40,43). The Morgan fingerprint density at radius 2 is 1.42 bits per heavy atom. The van der Waals surface area contributed by atoms with Gasteiger partial charge in [-0.2, -0.15) is 8.42 Å². The third-order valence-electron chi connectivity index (χ3n) is 7.97. The Labute approximate surface area is 291 Å². The molecule has 0 saturated carbocycles. The van der Waals surface area contributed by atoms with Crippen molar-refractivity contribution in [1.82, 2.24) is 9.62 Å². The summed E-state index contributed by atoms with van der Waals surface area (Å²) in [7, 11) is -0.677. The summed E-state index contributed by atoms with van der Waals surface area (Å²) in [4.78, 5) is 26.7. The summed E-state index contributed by atoms with van der Waals surface area (Å²) in [5.41, 5.74) is 3.44. The molecule has 0 atom stereocenters. The van der Waals surface area contributed by atoms with Crippen molar-refractivity contribution in [1.29, 1.82) is 0 Å². The molecule has 0 radical (unpaired) electrons.